The third-order valence-electron chi connectivity index (χ3n) is 3.69. The molecule has 1 aromatic carbocycles. The van der Waals surface area contributed by atoms with Gasteiger partial charge in [-0.3, -0.25) is 4.98 Å². The van der Waals surface area contributed by atoms with Crippen LogP contribution in [0.1, 0.15) is 24.3 Å². The number of aromatic nitrogens is 1. The summed E-state index contributed by atoms with van der Waals surface area (Å²) >= 11 is 3.46. The Bertz CT molecular complexity index is 713. The summed E-state index contributed by atoms with van der Waals surface area (Å²) in [5, 5.41) is 1.10. The Balaban J connectivity index is 1.93. The van der Waals surface area contributed by atoms with Crippen molar-refractivity contribution < 1.29 is 8.42 Å². The molecule has 100 valence electrons. The highest BCUT2D eigenvalue weighted by atomic mass is 79.9. The van der Waals surface area contributed by atoms with Crippen molar-refractivity contribution in [1.82, 2.24) is 4.98 Å². The van der Waals surface area contributed by atoms with Gasteiger partial charge in [-0.25, -0.2) is 8.42 Å². The van der Waals surface area contributed by atoms with E-state index >= 15 is 0 Å². The van der Waals surface area contributed by atoms with Crippen LogP contribution in [0.4, 0.5) is 0 Å². The van der Waals surface area contributed by atoms with Gasteiger partial charge in [0.05, 0.1) is 17.0 Å². The first-order valence-electron chi connectivity index (χ1n) is 6.29. The van der Waals surface area contributed by atoms with Crippen LogP contribution >= 0.6 is 15.9 Å². The number of pyridine rings is 1. The van der Waals surface area contributed by atoms with Crippen LogP contribution < -0.4 is 0 Å². The lowest BCUT2D eigenvalue weighted by molar-refractivity contribution is 0.550. The summed E-state index contributed by atoms with van der Waals surface area (Å²) in [5.41, 5.74) is 2.12. The van der Waals surface area contributed by atoms with E-state index in [1.807, 2.05) is 24.4 Å². The maximum Gasteiger partial charge on any atom is 0.150 e. The van der Waals surface area contributed by atoms with E-state index in [0.29, 0.717) is 30.3 Å². The SMILES string of the molecule is O=S1(=O)CCC(c2cnc3ccc(Br)cc3c2)CC1. The number of rotatable bonds is 1. The fourth-order valence-corrected chi connectivity index (χ4v) is 4.44. The first kappa shape index (κ1) is 13.1. The van der Waals surface area contributed by atoms with Crippen LogP contribution in [0, 0.1) is 0 Å². The lowest BCUT2D eigenvalue weighted by Gasteiger charge is -2.22. The molecule has 1 aromatic heterocycles. The highest BCUT2D eigenvalue weighted by molar-refractivity contribution is 9.10. The van der Waals surface area contributed by atoms with Crippen LogP contribution in [0.25, 0.3) is 10.9 Å². The molecule has 0 unspecified atom stereocenters. The zero-order chi connectivity index (χ0) is 13.5. The van der Waals surface area contributed by atoms with Crippen molar-refractivity contribution in [3.05, 3.63) is 40.5 Å². The van der Waals surface area contributed by atoms with Gasteiger partial charge in [-0.15, -0.1) is 0 Å². The van der Waals surface area contributed by atoms with Crippen LogP contribution in [0.5, 0.6) is 0 Å². The summed E-state index contributed by atoms with van der Waals surface area (Å²) < 4.78 is 24.0. The molecule has 1 aliphatic heterocycles. The molecular formula is C14H14BrNO2S. The Hall–Kier alpha value is -0.940. The molecule has 0 saturated carbocycles. The van der Waals surface area contributed by atoms with Gasteiger partial charge in [0.25, 0.3) is 0 Å². The number of sulfone groups is 1. The zero-order valence-electron chi connectivity index (χ0n) is 10.3. The van der Waals surface area contributed by atoms with Gasteiger partial charge in [0.15, 0.2) is 0 Å². The normalized spacial score (nSPS) is 19.6. The van der Waals surface area contributed by atoms with Crippen molar-refractivity contribution in [3.63, 3.8) is 0 Å². The predicted octanol–water partition coefficient (Wildman–Crippen LogP) is 3.29. The van der Waals surface area contributed by atoms with E-state index in [1.165, 1.54) is 0 Å². The molecule has 1 saturated heterocycles. The van der Waals surface area contributed by atoms with Gasteiger partial charge >= 0.3 is 0 Å². The van der Waals surface area contributed by atoms with E-state index in [9.17, 15) is 8.42 Å². The average molecular weight is 340 g/mol. The van der Waals surface area contributed by atoms with E-state index in [4.69, 9.17) is 0 Å². The van der Waals surface area contributed by atoms with E-state index in [1.54, 1.807) is 0 Å². The van der Waals surface area contributed by atoms with Crippen molar-refractivity contribution in [2.45, 2.75) is 18.8 Å². The second-order valence-electron chi connectivity index (χ2n) is 5.03. The van der Waals surface area contributed by atoms with Gasteiger partial charge in [0.2, 0.25) is 0 Å². The van der Waals surface area contributed by atoms with E-state index in [0.717, 1.165) is 20.9 Å². The molecule has 3 nitrogen and oxygen atoms in total. The molecule has 1 fully saturated rings. The fourth-order valence-electron chi connectivity index (χ4n) is 2.57. The molecule has 0 spiro atoms. The fraction of sp³-hybridized carbons (Fsp3) is 0.357. The minimum atomic E-state index is -2.80. The number of benzene rings is 1. The average Bonchev–Trinajstić information content (AvgIpc) is 2.38. The van der Waals surface area contributed by atoms with E-state index < -0.39 is 9.84 Å². The Morgan fingerprint density at radius 1 is 1.16 bits per heavy atom. The van der Waals surface area contributed by atoms with Crippen LogP contribution in [-0.4, -0.2) is 24.9 Å². The van der Waals surface area contributed by atoms with Crippen molar-refractivity contribution >= 4 is 36.7 Å². The number of hydrogen-bond acceptors (Lipinski definition) is 3. The van der Waals surface area contributed by atoms with Crippen LogP contribution in [0.3, 0.4) is 0 Å². The number of halogens is 1. The van der Waals surface area contributed by atoms with Crippen molar-refractivity contribution in [1.29, 1.82) is 0 Å². The van der Waals surface area contributed by atoms with E-state index in [2.05, 4.69) is 27.0 Å². The Labute approximate surface area is 121 Å². The van der Waals surface area contributed by atoms with Gasteiger partial charge in [-0.05, 0) is 48.6 Å². The van der Waals surface area contributed by atoms with Crippen molar-refractivity contribution in [2.24, 2.45) is 0 Å². The van der Waals surface area contributed by atoms with Gasteiger partial charge in [-0.2, -0.15) is 0 Å². The number of fused-ring (bicyclic) bond motifs is 1. The van der Waals surface area contributed by atoms with Crippen LogP contribution in [-0.2, 0) is 9.84 Å². The summed E-state index contributed by atoms with van der Waals surface area (Å²) in [7, 11) is -2.80. The molecule has 19 heavy (non-hydrogen) atoms. The van der Waals surface area contributed by atoms with Gasteiger partial charge in [-0.1, -0.05) is 15.9 Å². The molecular weight excluding hydrogens is 326 g/mol. The largest absolute Gasteiger partial charge is 0.256 e. The standard InChI is InChI=1S/C14H14BrNO2S/c15-13-1-2-14-11(8-13)7-12(9-16-14)10-3-5-19(17,18)6-4-10/h1-2,7-10H,3-6H2. The molecule has 0 radical (unpaired) electrons. The van der Waals surface area contributed by atoms with Crippen molar-refractivity contribution in [2.75, 3.05) is 11.5 Å². The molecule has 0 aliphatic carbocycles. The first-order valence-corrected chi connectivity index (χ1v) is 8.91. The molecule has 0 N–H and O–H groups in total. The molecule has 0 amide bonds. The molecule has 1 aliphatic rings. The maximum atomic E-state index is 11.5. The number of hydrogen-bond donors (Lipinski definition) is 0. The third-order valence-corrected chi connectivity index (χ3v) is 5.90. The Morgan fingerprint density at radius 3 is 2.63 bits per heavy atom. The summed E-state index contributed by atoms with van der Waals surface area (Å²) in [6.45, 7) is 0. The molecule has 0 atom stereocenters. The predicted molar refractivity (Wildman–Crippen MR) is 80.1 cm³/mol. The van der Waals surface area contributed by atoms with Crippen LogP contribution in [0.2, 0.25) is 0 Å². The smallest absolute Gasteiger partial charge is 0.150 e. The number of nitrogens with zero attached hydrogens (tertiary/aromatic N) is 1. The summed E-state index contributed by atoms with van der Waals surface area (Å²) in [6, 6.07) is 8.14. The van der Waals surface area contributed by atoms with Crippen molar-refractivity contribution in [3.8, 4) is 0 Å². The molecule has 0 bridgehead atoms. The van der Waals surface area contributed by atoms with Gasteiger partial charge in [0, 0.05) is 16.1 Å². The zero-order valence-corrected chi connectivity index (χ0v) is 12.7. The molecule has 5 heteroatoms. The summed E-state index contributed by atoms with van der Waals surface area (Å²) in [6.07, 6.45) is 3.31. The summed E-state index contributed by atoms with van der Waals surface area (Å²) in [5.74, 6) is 0.918. The molecule has 3 rings (SSSR count). The minimum Gasteiger partial charge on any atom is -0.256 e. The lowest BCUT2D eigenvalue weighted by atomic mass is 9.94. The summed E-state index contributed by atoms with van der Waals surface area (Å²) in [4.78, 5) is 4.46. The monoisotopic (exact) mass is 339 g/mol. The Kier molecular flexibility index (Phi) is 3.35. The molecule has 2 heterocycles. The second-order valence-corrected chi connectivity index (χ2v) is 8.25. The lowest BCUT2D eigenvalue weighted by Crippen LogP contribution is -2.22. The minimum absolute atomic E-state index is 0.300. The van der Waals surface area contributed by atoms with E-state index in [-0.39, 0.29) is 0 Å². The Morgan fingerprint density at radius 2 is 1.89 bits per heavy atom. The quantitative estimate of drug-likeness (QED) is 0.800. The molecule has 2 aromatic rings. The third kappa shape index (κ3) is 2.82. The van der Waals surface area contributed by atoms with Gasteiger partial charge < -0.3 is 0 Å². The topological polar surface area (TPSA) is 47.0 Å². The highest BCUT2D eigenvalue weighted by Crippen LogP contribution is 2.30. The first-order chi connectivity index (χ1) is 9.03. The van der Waals surface area contributed by atoms with Crippen LogP contribution in [0.15, 0.2) is 34.9 Å². The second kappa shape index (κ2) is 4.87. The van der Waals surface area contributed by atoms with Gasteiger partial charge in [0.1, 0.15) is 9.84 Å². The highest BCUT2D eigenvalue weighted by Gasteiger charge is 2.24. The maximum absolute atomic E-state index is 11.5.